The van der Waals surface area contributed by atoms with E-state index >= 15 is 0 Å². The summed E-state index contributed by atoms with van der Waals surface area (Å²) < 4.78 is 12.4. The van der Waals surface area contributed by atoms with E-state index in [9.17, 15) is 4.79 Å². The lowest BCUT2D eigenvalue weighted by Gasteiger charge is -2.13. The molecule has 2 aromatic carbocycles. The molecule has 0 saturated heterocycles. The fraction of sp³-hybridized carbons (Fsp3) is 0.200. The molecule has 1 N–H and O–H groups in total. The molecule has 0 aliphatic rings. The normalized spacial score (nSPS) is 10.4. The Bertz CT molecular complexity index is 876. The minimum absolute atomic E-state index is 0.110. The van der Waals surface area contributed by atoms with Gasteiger partial charge >= 0.3 is 0 Å². The first kappa shape index (κ1) is 17.5. The van der Waals surface area contributed by atoms with Crippen LogP contribution in [0.25, 0.3) is 0 Å². The largest absolute Gasteiger partial charge is 0.497 e. The minimum Gasteiger partial charge on any atom is -0.497 e. The van der Waals surface area contributed by atoms with Crippen LogP contribution < -0.4 is 14.8 Å². The Hall–Kier alpha value is -3.28. The van der Waals surface area contributed by atoms with E-state index in [1.807, 2.05) is 53.3 Å². The molecule has 0 radical (unpaired) electrons. The molecule has 0 bridgehead atoms. The van der Waals surface area contributed by atoms with Crippen molar-refractivity contribution in [1.82, 2.24) is 9.78 Å². The fourth-order valence-electron chi connectivity index (χ4n) is 2.71. The van der Waals surface area contributed by atoms with Crippen LogP contribution in [0.3, 0.4) is 0 Å². The number of para-hydroxylation sites is 1. The smallest absolute Gasteiger partial charge is 0.228 e. The third kappa shape index (κ3) is 4.22. The highest BCUT2D eigenvalue weighted by molar-refractivity contribution is 5.93. The Morgan fingerprint density at radius 3 is 2.65 bits per heavy atom. The molecule has 3 aromatic rings. The van der Waals surface area contributed by atoms with Crippen LogP contribution in [-0.4, -0.2) is 29.9 Å². The number of benzene rings is 2. The van der Waals surface area contributed by atoms with Gasteiger partial charge in [0.05, 0.1) is 27.2 Å². The van der Waals surface area contributed by atoms with Gasteiger partial charge in [-0.15, -0.1) is 0 Å². The molecule has 0 aliphatic carbocycles. The Morgan fingerprint density at radius 1 is 1.08 bits per heavy atom. The van der Waals surface area contributed by atoms with Crippen molar-refractivity contribution in [3.8, 4) is 11.5 Å². The van der Waals surface area contributed by atoms with Crippen LogP contribution in [0.4, 0.5) is 5.69 Å². The summed E-state index contributed by atoms with van der Waals surface area (Å²) in [5, 5.41) is 7.20. The topological polar surface area (TPSA) is 65.4 Å². The summed E-state index contributed by atoms with van der Waals surface area (Å²) in [7, 11) is 3.17. The van der Waals surface area contributed by atoms with Crippen molar-refractivity contribution in [2.45, 2.75) is 13.0 Å². The van der Waals surface area contributed by atoms with Crippen molar-refractivity contribution in [3.05, 3.63) is 72.1 Å². The van der Waals surface area contributed by atoms with Crippen LogP contribution in [-0.2, 0) is 17.8 Å². The van der Waals surface area contributed by atoms with Crippen LogP contribution in [0.5, 0.6) is 11.5 Å². The van der Waals surface area contributed by atoms with Gasteiger partial charge in [0.25, 0.3) is 0 Å². The maximum Gasteiger partial charge on any atom is 0.228 e. The van der Waals surface area contributed by atoms with E-state index in [0.717, 1.165) is 16.8 Å². The first-order valence-corrected chi connectivity index (χ1v) is 8.25. The van der Waals surface area contributed by atoms with E-state index in [1.165, 1.54) is 0 Å². The zero-order chi connectivity index (χ0) is 18.4. The van der Waals surface area contributed by atoms with Crippen molar-refractivity contribution >= 4 is 11.6 Å². The maximum atomic E-state index is 12.5. The average molecular weight is 351 g/mol. The molecule has 0 atom stereocenters. The molecule has 1 aromatic heterocycles. The molecule has 1 heterocycles. The SMILES string of the molecule is COc1ccc(CC(=O)Nc2ccccc2Cn2cccn2)c(OC)c1. The van der Waals surface area contributed by atoms with Crippen LogP contribution in [0.15, 0.2) is 60.9 Å². The highest BCUT2D eigenvalue weighted by atomic mass is 16.5. The Labute approximate surface area is 152 Å². The van der Waals surface area contributed by atoms with Crippen molar-refractivity contribution < 1.29 is 14.3 Å². The molecule has 0 saturated carbocycles. The number of aromatic nitrogens is 2. The predicted molar refractivity (Wildman–Crippen MR) is 99.7 cm³/mol. The molecule has 3 rings (SSSR count). The third-order valence-corrected chi connectivity index (χ3v) is 4.03. The number of carbonyl (C=O) groups is 1. The van der Waals surface area contributed by atoms with Gasteiger partial charge in [0.1, 0.15) is 11.5 Å². The van der Waals surface area contributed by atoms with Gasteiger partial charge in [-0.05, 0) is 23.8 Å². The quantitative estimate of drug-likeness (QED) is 0.710. The van der Waals surface area contributed by atoms with Gasteiger partial charge in [-0.1, -0.05) is 24.3 Å². The van der Waals surface area contributed by atoms with E-state index in [2.05, 4.69) is 10.4 Å². The number of ether oxygens (including phenoxy) is 2. The lowest BCUT2D eigenvalue weighted by atomic mass is 10.1. The first-order chi connectivity index (χ1) is 12.7. The fourth-order valence-corrected chi connectivity index (χ4v) is 2.71. The summed E-state index contributed by atoms with van der Waals surface area (Å²) >= 11 is 0. The van der Waals surface area contributed by atoms with Crippen LogP contribution in [0.2, 0.25) is 0 Å². The molecule has 134 valence electrons. The molecule has 26 heavy (non-hydrogen) atoms. The van der Waals surface area contributed by atoms with Gasteiger partial charge in [-0.2, -0.15) is 5.10 Å². The van der Waals surface area contributed by atoms with Crippen LogP contribution in [0, 0.1) is 0 Å². The summed E-state index contributed by atoms with van der Waals surface area (Å²) in [6, 6.07) is 15.0. The number of nitrogens with zero attached hydrogens (tertiary/aromatic N) is 2. The van der Waals surface area contributed by atoms with Crippen molar-refractivity contribution in [2.24, 2.45) is 0 Å². The summed E-state index contributed by atoms with van der Waals surface area (Å²) in [5.74, 6) is 1.21. The first-order valence-electron chi connectivity index (χ1n) is 8.25. The predicted octanol–water partition coefficient (Wildman–Crippen LogP) is 3.13. The minimum atomic E-state index is -0.110. The van der Waals surface area contributed by atoms with E-state index in [-0.39, 0.29) is 12.3 Å². The molecule has 0 fully saturated rings. The summed E-state index contributed by atoms with van der Waals surface area (Å²) in [4.78, 5) is 12.5. The summed E-state index contributed by atoms with van der Waals surface area (Å²) in [6.45, 7) is 0.593. The summed E-state index contributed by atoms with van der Waals surface area (Å²) in [6.07, 6.45) is 3.83. The molecule has 0 spiro atoms. The number of nitrogens with one attached hydrogen (secondary N) is 1. The van der Waals surface area contributed by atoms with Crippen molar-refractivity contribution in [2.75, 3.05) is 19.5 Å². The molecule has 1 amide bonds. The van der Waals surface area contributed by atoms with Crippen LogP contribution >= 0.6 is 0 Å². The van der Waals surface area contributed by atoms with Crippen LogP contribution in [0.1, 0.15) is 11.1 Å². The molecule has 6 heteroatoms. The zero-order valence-electron chi connectivity index (χ0n) is 14.8. The number of hydrogen-bond donors (Lipinski definition) is 1. The number of amides is 1. The molecule has 6 nitrogen and oxygen atoms in total. The molecular weight excluding hydrogens is 330 g/mol. The second-order valence-corrected chi connectivity index (χ2v) is 5.76. The van der Waals surface area contributed by atoms with Gasteiger partial charge in [0, 0.05) is 29.7 Å². The Morgan fingerprint density at radius 2 is 1.92 bits per heavy atom. The van der Waals surface area contributed by atoms with E-state index in [1.54, 1.807) is 26.5 Å². The van der Waals surface area contributed by atoms with E-state index < -0.39 is 0 Å². The Balaban J connectivity index is 1.73. The van der Waals surface area contributed by atoms with Gasteiger partial charge in [-0.25, -0.2) is 0 Å². The van der Waals surface area contributed by atoms with E-state index in [4.69, 9.17) is 9.47 Å². The van der Waals surface area contributed by atoms with Crippen molar-refractivity contribution in [3.63, 3.8) is 0 Å². The zero-order valence-corrected chi connectivity index (χ0v) is 14.8. The number of rotatable bonds is 7. The number of anilines is 1. The average Bonchev–Trinajstić information content (AvgIpc) is 3.16. The number of methoxy groups -OCH3 is 2. The molecule has 0 unspecified atom stereocenters. The second-order valence-electron chi connectivity index (χ2n) is 5.76. The second kappa shape index (κ2) is 8.20. The lowest BCUT2D eigenvalue weighted by Crippen LogP contribution is -2.16. The molecular formula is C20H21N3O3. The van der Waals surface area contributed by atoms with E-state index in [0.29, 0.717) is 18.0 Å². The highest BCUT2D eigenvalue weighted by Gasteiger charge is 2.12. The monoisotopic (exact) mass is 351 g/mol. The number of hydrogen-bond acceptors (Lipinski definition) is 4. The van der Waals surface area contributed by atoms with Gasteiger partial charge < -0.3 is 14.8 Å². The van der Waals surface area contributed by atoms with Gasteiger partial charge in [0.15, 0.2) is 0 Å². The maximum absolute atomic E-state index is 12.5. The third-order valence-electron chi connectivity index (χ3n) is 4.03. The Kier molecular flexibility index (Phi) is 5.53. The van der Waals surface area contributed by atoms with Gasteiger partial charge in [-0.3, -0.25) is 9.48 Å². The number of carbonyl (C=O) groups excluding carboxylic acids is 1. The lowest BCUT2D eigenvalue weighted by molar-refractivity contribution is -0.115. The van der Waals surface area contributed by atoms with Gasteiger partial charge in [0.2, 0.25) is 5.91 Å². The molecule has 0 aliphatic heterocycles. The summed E-state index contributed by atoms with van der Waals surface area (Å²) in [5.41, 5.74) is 2.57. The highest BCUT2D eigenvalue weighted by Crippen LogP contribution is 2.25. The standard InChI is InChI=1S/C20H21N3O3/c1-25-17-9-8-15(19(13-17)26-2)12-20(24)22-18-7-4-3-6-16(18)14-23-11-5-10-21-23/h3-11,13H,12,14H2,1-2H3,(H,22,24). The van der Waals surface area contributed by atoms with Crippen molar-refractivity contribution in [1.29, 1.82) is 0 Å².